The summed E-state index contributed by atoms with van der Waals surface area (Å²) in [6, 6.07) is 7.19. The van der Waals surface area contributed by atoms with Gasteiger partial charge in [-0.25, -0.2) is 8.42 Å². The van der Waals surface area contributed by atoms with Crippen molar-refractivity contribution in [2.75, 3.05) is 19.6 Å². The average molecular weight is 380 g/mol. The number of rotatable bonds is 5. The van der Waals surface area contributed by atoms with E-state index in [1.807, 2.05) is 0 Å². The number of sulfonamides is 1. The SMILES string of the molecule is CC1NCCCC1NC(=O)Cc1ccc(S(=O)(=O)N2CCCCC2)cc1. The zero-order valence-electron chi connectivity index (χ0n) is 15.4. The Balaban J connectivity index is 1.59. The van der Waals surface area contributed by atoms with Crippen LogP contribution in [0.4, 0.5) is 0 Å². The summed E-state index contributed by atoms with van der Waals surface area (Å²) in [6.45, 7) is 4.28. The van der Waals surface area contributed by atoms with Gasteiger partial charge in [-0.2, -0.15) is 4.31 Å². The van der Waals surface area contributed by atoms with Crippen LogP contribution in [0.1, 0.15) is 44.6 Å². The molecule has 0 aliphatic carbocycles. The lowest BCUT2D eigenvalue weighted by atomic mass is 9.99. The molecule has 2 N–H and O–H groups in total. The van der Waals surface area contributed by atoms with E-state index in [1.54, 1.807) is 28.6 Å². The van der Waals surface area contributed by atoms with Gasteiger partial charge in [-0.05, 0) is 56.8 Å². The van der Waals surface area contributed by atoms with E-state index < -0.39 is 10.0 Å². The van der Waals surface area contributed by atoms with E-state index in [1.165, 1.54) is 0 Å². The van der Waals surface area contributed by atoms with Gasteiger partial charge in [0.05, 0.1) is 11.3 Å². The molecule has 0 radical (unpaired) electrons. The third-order valence-corrected chi connectivity index (χ3v) is 7.26. The number of carbonyl (C=O) groups excluding carboxylic acids is 1. The van der Waals surface area contributed by atoms with Gasteiger partial charge >= 0.3 is 0 Å². The molecule has 2 atom stereocenters. The summed E-state index contributed by atoms with van der Waals surface area (Å²) < 4.78 is 26.9. The molecule has 2 saturated heterocycles. The number of benzene rings is 1. The molecule has 6 nitrogen and oxygen atoms in total. The molecule has 144 valence electrons. The molecule has 0 bridgehead atoms. The second-order valence-corrected chi connectivity index (χ2v) is 9.28. The van der Waals surface area contributed by atoms with E-state index >= 15 is 0 Å². The highest BCUT2D eigenvalue weighted by Gasteiger charge is 2.26. The highest BCUT2D eigenvalue weighted by molar-refractivity contribution is 7.89. The maximum Gasteiger partial charge on any atom is 0.243 e. The van der Waals surface area contributed by atoms with E-state index in [4.69, 9.17) is 0 Å². The molecular weight excluding hydrogens is 350 g/mol. The third kappa shape index (κ3) is 4.64. The van der Waals surface area contributed by atoms with Gasteiger partial charge in [-0.15, -0.1) is 0 Å². The summed E-state index contributed by atoms with van der Waals surface area (Å²) in [5.74, 6) is -0.0165. The molecule has 26 heavy (non-hydrogen) atoms. The lowest BCUT2D eigenvalue weighted by Crippen LogP contribution is -2.52. The van der Waals surface area contributed by atoms with Crippen LogP contribution in [0.25, 0.3) is 0 Å². The number of nitrogens with one attached hydrogen (secondary N) is 2. The number of carbonyl (C=O) groups is 1. The Kier molecular flexibility index (Phi) is 6.32. The van der Waals surface area contributed by atoms with Gasteiger partial charge in [0.1, 0.15) is 0 Å². The Hall–Kier alpha value is -1.44. The van der Waals surface area contributed by atoms with Crippen molar-refractivity contribution in [1.29, 1.82) is 0 Å². The van der Waals surface area contributed by atoms with Crippen LogP contribution < -0.4 is 10.6 Å². The predicted octanol–water partition coefficient (Wildman–Crippen LogP) is 1.66. The standard InChI is InChI=1S/C19H29N3O3S/c1-15-18(6-5-11-20-15)21-19(23)14-16-7-9-17(10-8-16)26(24,25)22-12-3-2-4-13-22/h7-10,15,18,20H,2-6,11-14H2,1H3,(H,21,23). The minimum atomic E-state index is -3.41. The van der Waals surface area contributed by atoms with E-state index in [0.717, 1.165) is 44.2 Å². The Morgan fingerprint density at radius 2 is 1.85 bits per heavy atom. The Morgan fingerprint density at radius 1 is 1.15 bits per heavy atom. The van der Waals surface area contributed by atoms with Crippen molar-refractivity contribution >= 4 is 15.9 Å². The van der Waals surface area contributed by atoms with Crippen LogP contribution in [0.2, 0.25) is 0 Å². The molecule has 0 spiro atoms. The van der Waals surface area contributed by atoms with Gasteiger partial charge in [0.25, 0.3) is 0 Å². The fraction of sp³-hybridized carbons (Fsp3) is 0.632. The summed E-state index contributed by atoms with van der Waals surface area (Å²) in [5, 5.41) is 6.46. The second-order valence-electron chi connectivity index (χ2n) is 7.34. The molecule has 3 rings (SSSR count). The van der Waals surface area contributed by atoms with Crippen LogP contribution in [-0.4, -0.2) is 50.3 Å². The molecular formula is C19H29N3O3S. The van der Waals surface area contributed by atoms with Crippen LogP contribution in [0.5, 0.6) is 0 Å². The number of nitrogens with zero attached hydrogens (tertiary/aromatic N) is 1. The molecule has 2 fully saturated rings. The summed E-state index contributed by atoms with van der Waals surface area (Å²) in [7, 11) is -3.41. The van der Waals surface area contributed by atoms with Crippen LogP contribution in [0.3, 0.4) is 0 Å². The van der Waals surface area contributed by atoms with Crippen LogP contribution in [-0.2, 0) is 21.2 Å². The molecule has 1 amide bonds. The summed E-state index contributed by atoms with van der Waals surface area (Å²) in [5.41, 5.74) is 0.830. The lowest BCUT2D eigenvalue weighted by molar-refractivity contribution is -0.121. The van der Waals surface area contributed by atoms with Crippen LogP contribution in [0, 0.1) is 0 Å². The molecule has 7 heteroatoms. The Morgan fingerprint density at radius 3 is 2.50 bits per heavy atom. The minimum Gasteiger partial charge on any atom is -0.352 e. The minimum absolute atomic E-state index is 0.0165. The van der Waals surface area contributed by atoms with Crippen molar-refractivity contribution in [3.63, 3.8) is 0 Å². The van der Waals surface area contributed by atoms with E-state index in [2.05, 4.69) is 17.6 Å². The topological polar surface area (TPSA) is 78.5 Å². The van der Waals surface area contributed by atoms with Gasteiger partial charge in [0, 0.05) is 25.2 Å². The molecule has 0 aromatic heterocycles. The predicted molar refractivity (Wildman–Crippen MR) is 101 cm³/mol. The fourth-order valence-corrected chi connectivity index (χ4v) is 5.24. The molecule has 2 aliphatic heterocycles. The smallest absolute Gasteiger partial charge is 0.243 e. The Labute approximate surface area is 156 Å². The van der Waals surface area contributed by atoms with E-state index in [9.17, 15) is 13.2 Å². The van der Waals surface area contributed by atoms with Gasteiger partial charge in [0.2, 0.25) is 15.9 Å². The molecule has 2 heterocycles. The first-order chi connectivity index (χ1) is 12.5. The van der Waals surface area contributed by atoms with Crippen molar-refractivity contribution in [2.45, 2.75) is 62.4 Å². The summed E-state index contributed by atoms with van der Waals surface area (Å²) >= 11 is 0. The molecule has 1 aromatic rings. The second kappa shape index (κ2) is 8.50. The Bertz CT molecular complexity index is 712. The monoisotopic (exact) mass is 379 g/mol. The first-order valence-electron chi connectivity index (χ1n) is 9.58. The maximum absolute atomic E-state index is 12.7. The van der Waals surface area contributed by atoms with Gasteiger partial charge < -0.3 is 10.6 Å². The maximum atomic E-state index is 12.7. The van der Waals surface area contributed by atoms with Crippen molar-refractivity contribution < 1.29 is 13.2 Å². The molecule has 1 aromatic carbocycles. The first-order valence-corrected chi connectivity index (χ1v) is 11.0. The average Bonchev–Trinajstić information content (AvgIpc) is 2.65. The van der Waals surface area contributed by atoms with Crippen molar-refractivity contribution in [1.82, 2.24) is 14.9 Å². The largest absolute Gasteiger partial charge is 0.352 e. The number of piperidine rings is 2. The zero-order chi connectivity index (χ0) is 18.6. The highest BCUT2D eigenvalue weighted by Crippen LogP contribution is 2.21. The fourth-order valence-electron chi connectivity index (χ4n) is 3.72. The third-order valence-electron chi connectivity index (χ3n) is 5.35. The number of hydrogen-bond donors (Lipinski definition) is 2. The van der Waals surface area contributed by atoms with E-state index in [-0.39, 0.29) is 24.4 Å². The van der Waals surface area contributed by atoms with Gasteiger partial charge in [0.15, 0.2) is 0 Å². The van der Waals surface area contributed by atoms with Crippen LogP contribution in [0.15, 0.2) is 29.2 Å². The zero-order valence-corrected chi connectivity index (χ0v) is 16.2. The van der Waals surface area contributed by atoms with Crippen molar-refractivity contribution in [2.24, 2.45) is 0 Å². The van der Waals surface area contributed by atoms with E-state index in [0.29, 0.717) is 18.0 Å². The molecule has 0 saturated carbocycles. The highest BCUT2D eigenvalue weighted by atomic mass is 32.2. The number of hydrogen-bond acceptors (Lipinski definition) is 4. The summed E-state index contributed by atoms with van der Waals surface area (Å²) in [4.78, 5) is 12.6. The molecule has 2 aliphatic rings. The number of amides is 1. The quantitative estimate of drug-likeness (QED) is 0.816. The lowest BCUT2D eigenvalue weighted by Gasteiger charge is -2.30. The first kappa shape index (κ1) is 19.3. The summed E-state index contributed by atoms with van der Waals surface area (Å²) in [6.07, 6.45) is 5.27. The normalized spacial score (nSPS) is 25.0. The van der Waals surface area contributed by atoms with Crippen molar-refractivity contribution in [3.05, 3.63) is 29.8 Å². The van der Waals surface area contributed by atoms with Gasteiger partial charge in [-0.3, -0.25) is 4.79 Å². The molecule has 2 unspecified atom stereocenters. The van der Waals surface area contributed by atoms with Crippen LogP contribution >= 0.6 is 0 Å². The van der Waals surface area contributed by atoms with Gasteiger partial charge in [-0.1, -0.05) is 18.6 Å². The van der Waals surface area contributed by atoms with Crippen molar-refractivity contribution in [3.8, 4) is 0 Å².